The van der Waals surface area contributed by atoms with Gasteiger partial charge in [0.2, 0.25) is 0 Å². The van der Waals surface area contributed by atoms with Gasteiger partial charge in [0.05, 0.1) is 11.3 Å². The van der Waals surface area contributed by atoms with Crippen LogP contribution in [0.15, 0.2) is 77.7 Å². The summed E-state index contributed by atoms with van der Waals surface area (Å²) >= 11 is 1.68. The molecule has 2 aliphatic rings. The molecule has 33 heavy (non-hydrogen) atoms. The van der Waals surface area contributed by atoms with Gasteiger partial charge in [-0.15, -0.1) is 11.8 Å². The molecule has 0 spiro atoms. The van der Waals surface area contributed by atoms with Crippen LogP contribution in [0.2, 0.25) is 0 Å². The second-order valence-electron chi connectivity index (χ2n) is 8.64. The molecule has 0 aromatic heterocycles. The number of hydrogen-bond acceptors (Lipinski definition) is 4. The summed E-state index contributed by atoms with van der Waals surface area (Å²) in [6.45, 7) is 3.38. The molecule has 0 saturated carbocycles. The van der Waals surface area contributed by atoms with E-state index in [9.17, 15) is 4.79 Å². The van der Waals surface area contributed by atoms with Crippen LogP contribution in [0, 0.1) is 0 Å². The van der Waals surface area contributed by atoms with Crippen LogP contribution in [-0.4, -0.2) is 30.2 Å². The highest BCUT2D eigenvalue weighted by atomic mass is 32.2. The fourth-order valence-corrected chi connectivity index (χ4v) is 5.06. The van der Waals surface area contributed by atoms with E-state index in [-0.39, 0.29) is 5.91 Å². The summed E-state index contributed by atoms with van der Waals surface area (Å²) < 4.78 is 0. The number of thioether (sulfide) groups is 1. The Hall–Kier alpha value is -3.02. The van der Waals surface area contributed by atoms with Gasteiger partial charge >= 0.3 is 0 Å². The van der Waals surface area contributed by atoms with Crippen LogP contribution in [-0.2, 0) is 11.3 Å². The van der Waals surface area contributed by atoms with Crippen LogP contribution in [0.3, 0.4) is 0 Å². The molecule has 5 heteroatoms. The van der Waals surface area contributed by atoms with E-state index in [0.29, 0.717) is 5.57 Å². The number of rotatable bonds is 6. The Morgan fingerprint density at radius 3 is 2.45 bits per heavy atom. The van der Waals surface area contributed by atoms with Gasteiger partial charge in [-0.2, -0.15) is 0 Å². The minimum Gasteiger partial charge on any atom is -0.354 e. The zero-order valence-corrected chi connectivity index (χ0v) is 19.8. The van der Waals surface area contributed by atoms with E-state index in [1.54, 1.807) is 11.8 Å². The highest BCUT2D eigenvalue weighted by Gasteiger charge is 2.28. The van der Waals surface area contributed by atoms with E-state index in [4.69, 9.17) is 0 Å². The van der Waals surface area contributed by atoms with Crippen molar-refractivity contribution >= 4 is 40.3 Å². The molecular formula is C28H29N3OS. The number of fused-ring (bicyclic) bond motifs is 1. The molecule has 3 aromatic carbocycles. The molecule has 0 aliphatic carbocycles. The van der Waals surface area contributed by atoms with Crippen molar-refractivity contribution in [3.63, 3.8) is 0 Å². The summed E-state index contributed by atoms with van der Waals surface area (Å²) in [6.07, 6.45) is 6.01. The largest absolute Gasteiger partial charge is 0.354 e. The van der Waals surface area contributed by atoms with E-state index in [0.717, 1.165) is 39.6 Å². The maximum Gasteiger partial charge on any atom is 0.258 e. The molecule has 4 nitrogen and oxygen atoms in total. The molecule has 2 heterocycles. The third-order valence-electron chi connectivity index (χ3n) is 6.36. The molecule has 1 fully saturated rings. The number of anilines is 2. The Morgan fingerprint density at radius 1 is 0.970 bits per heavy atom. The van der Waals surface area contributed by atoms with Crippen molar-refractivity contribution < 1.29 is 4.79 Å². The maximum absolute atomic E-state index is 13.1. The third kappa shape index (κ3) is 4.85. The highest BCUT2D eigenvalue weighted by molar-refractivity contribution is 7.98. The molecule has 5 rings (SSSR count). The standard InChI is InChI=1S/C28H29N3OS/c1-33-23-14-15-25-24(18-23)26(28(32)30-25)27(21-8-4-2-5-9-21)29-22-12-10-20(11-13-22)19-31-16-6-3-7-17-31/h2,4-5,8-15,18,29H,3,6-7,16-17,19H2,1H3,(H,30,32)/b27-26-. The molecule has 1 saturated heterocycles. The molecule has 3 aromatic rings. The quantitative estimate of drug-likeness (QED) is 0.337. The van der Waals surface area contributed by atoms with Gasteiger partial charge in [-0.3, -0.25) is 9.69 Å². The van der Waals surface area contributed by atoms with Gasteiger partial charge < -0.3 is 10.6 Å². The Bertz CT molecular complexity index is 1170. The second-order valence-corrected chi connectivity index (χ2v) is 9.52. The predicted molar refractivity (Wildman–Crippen MR) is 139 cm³/mol. The summed E-state index contributed by atoms with van der Waals surface area (Å²) in [5, 5.41) is 6.61. The zero-order chi connectivity index (χ0) is 22.6. The Kier molecular flexibility index (Phi) is 6.51. The number of hydrogen-bond donors (Lipinski definition) is 2. The normalized spacial score (nSPS) is 17.4. The lowest BCUT2D eigenvalue weighted by molar-refractivity contribution is -0.110. The Balaban J connectivity index is 1.48. The van der Waals surface area contributed by atoms with Crippen molar-refractivity contribution in [2.24, 2.45) is 0 Å². The Morgan fingerprint density at radius 2 is 1.73 bits per heavy atom. The molecule has 168 valence electrons. The molecular weight excluding hydrogens is 426 g/mol. The van der Waals surface area contributed by atoms with Crippen LogP contribution in [0.4, 0.5) is 11.4 Å². The number of likely N-dealkylation sites (tertiary alicyclic amines) is 1. The van der Waals surface area contributed by atoms with Crippen LogP contribution in [0.25, 0.3) is 11.3 Å². The maximum atomic E-state index is 13.1. The summed E-state index contributed by atoms with van der Waals surface area (Å²) in [6, 6.07) is 24.9. The van der Waals surface area contributed by atoms with Crippen LogP contribution in [0.1, 0.15) is 36.0 Å². The summed E-state index contributed by atoms with van der Waals surface area (Å²) in [5.74, 6) is -0.0728. The van der Waals surface area contributed by atoms with Crippen molar-refractivity contribution in [1.82, 2.24) is 4.90 Å². The van der Waals surface area contributed by atoms with Crippen molar-refractivity contribution in [3.05, 3.63) is 89.5 Å². The number of carbonyl (C=O) groups is 1. The number of benzene rings is 3. The lowest BCUT2D eigenvalue weighted by atomic mass is 10.00. The molecule has 0 radical (unpaired) electrons. The van der Waals surface area contributed by atoms with Gasteiger partial charge in [0.15, 0.2) is 0 Å². The monoisotopic (exact) mass is 455 g/mol. The molecule has 0 atom stereocenters. The van der Waals surface area contributed by atoms with Gasteiger partial charge in [0, 0.05) is 28.4 Å². The minimum absolute atomic E-state index is 0.0728. The van der Waals surface area contributed by atoms with E-state index in [1.807, 2.05) is 42.5 Å². The molecule has 0 bridgehead atoms. The van der Waals surface area contributed by atoms with Crippen molar-refractivity contribution in [2.75, 3.05) is 30.0 Å². The van der Waals surface area contributed by atoms with Crippen LogP contribution >= 0.6 is 11.8 Å². The number of piperidine rings is 1. The number of amides is 1. The topological polar surface area (TPSA) is 44.4 Å². The first kappa shape index (κ1) is 21.8. The van der Waals surface area contributed by atoms with Crippen molar-refractivity contribution in [3.8, 4) is 0 Å². The molecule has 2 N–H and O–H groups in total. The Labute approximate surface area is 200 Å². The smallest absolute Gasteiger partial charge is 0.258 e. The van der Waals surface area contributed by atoms with Gasteiger partial charge in [0.1, 0.15) is 0 Å². The predicted octanol–water partition coefficient (Wildman–Crippen LogP) is 6.33. The molecule has 1 amide bonds. The van der Waals surface area contributed by atoms with Gasteiger partial charge in [-0.05, 0) is 73.6 Å². The first-order valence-corrected chi connectivity index (χ1v) is 12.8. The first-order chi connectivity index (χ1) is 16.2. The summed E-state index contributed by atoms with van der Waals surface area (Å²) in [5.41, 5.74) is 6.61. The van der Waals surface area contributed by atoms with Crippen LogP contribution in [0.5, 0.6) is 0 Å². The van der Waals surface area contributed by atoms with Gasteiger partial charge in [-0.1, -0.05) is 48.9 Å². The molecule has 0 unspecified atom stereocenters. The fraction of sp³-hybridized carbons (Fsp3) is 0.250. The highest BCUT2D eigenvalue weighted by Crippen LogP contribution is 2.39. The fourth-order valence-electron chi connectivity index (χ4n) is 4.62. The summed E-state index contributed by atoms with van der Waals surface area (Å²) in [7, 11) is 0. The van der Waals surface area contributed by atoms with E-state index in [1.165, 1.54) is 37.9 Å². The summed E-state index contributed by atoms with van der Waals surface area (Å²) in [4.78, 5) is 16.8. The lowest BCUT2D eigenvalue weighted by Gasteiger charge is -2.26. The van der Waals surface area contributed by atoms with Crippen molar-refractivity contribution in [2.45, 2.75) is 30.7 Å². The first-order valence-electron chi connectivity index (χ1n) is 11.6. The SMILES string of the molecule is CSc1ccc2c(c1)/C(=C(/Nc1ccc(CN3CCCCC3)cc1)c1ccccc1)C(=O)N2. The van der Waals surface area contributed by atoms with E-state index >= 15 is 0 Å². The van der Waals surface area contributed by atoms with Gasteiger partial charge in [0.25, 0.3) is 5.91 Å². The van der Waals surface area contributed by atoms with E-state index < -0.39 is 0 Å². The second kappa shape index (κ2) is 9.86. The van der Waals surface area contributed by atoms with Crippen LogP contribution < -0.4 is 10.6 Å². The number of carbonyl (C=O) groups excluding carboxylic acids is 1. The molecule has 2 aliphatic heterocycles. The lowest BCUT2D eigenvalue weighted by Crippen LogP contribution is -2.29. The zero-order valence-electron chi connectivity index (χ0n) is 18.9. The number of nitrogens with one attached hydrogen (secondary N) is 2. The average molecular weight is 456 g/mol. The van der Waals surface area contributed by atoms with Crippen molar-refractivity contribution in [1.29, 1.82) is 0 Å². The van der Waals surface area contributed by atoms with E-state index in [2.05, 4.69) is 52.1 Å². The average Bonchev–Trinajstić information content (AvgIpc) is 3.19. The third-order valence-corrected chi connectivity index (χ3v) is 7.09. The minimum atomic E-state index is -0.0728. The van der Waals surface area contributed by atoms with Gasteiger partial charge in [-0.25, -0.2) is 0 Å². The number of nitrogens with zero attached hydrogens (tertiary/aromatic N) is 1.